The topological polar surface area (TPSA) is 66.8 Å². The molecule has 0 bridgehead atoms. The van der Waals surface area contributed by atoms with E-state index in [1.165, 1.54) is 5.56 Å². The molecule has 2 unspecified atom stereocenters. The largest absolute Gasteiger partial charge is 0.481 e. The van der Waals surface area contributed by atoms with E-state index in [2.05, 4.69) is 12.1 Å². The van der Waals surface area contributed by atoms with Crippen molar-refractivity contribution in [3.63, 3.8) is 0 Å². The van der Waals surface area contributed by atoms with Gasteiger partial charge in [-0.2, -0.15) is 0 Å². The van der Waals surface area contributed by atoms with Crippen LogP contribution < -0.4 is 0 Å². The van der Waals surface area contributed by atoms with Crippen molar-refractivity contribution < 1.29 is 19.7 Å². The summed E-state index contributed by atoms with van der Waals surface area (Å²) in [6.07, 6.45) is 1.69. The van der Waals surface area contributed by atoms with Crippen LogP contribution in [-0.4, -0.2) is 28.9 Å². The number of hydrogen-bond acceptors (Lipinski definition) is 3. The minimum atomic E-state index is -0.833. The highest BCUT2D eigenvalue weighted by atomic mass is 16.5. The molecule has 1 heterocycles. The van der Waals surface area contributed by atoms with Gasteiger partial charge in [0.1, 0.15) is 0 Å². The highest BCUT2D eigenvalue weighted by Crippen LogP contribution is 2.27. The number of benzene rings is 1. The molecule has 0 spiro atoms. The predicted octanol–water partition coefficient (Wildman–Crippen LogP) is 1.99. The number of carbonyl (C=O) groups is 1. The van der Waals surface area contributed by atoms with E-state index in [0.717, 1.165) is 19.8 Å². The standard InChI is InChI=1S/C11H14O2.C2H4O2/c12-10-6-7-11(13-8-10)9-4-2-1-3-5-9;1-2(3)4/h1-5,10-12H,6-8H2;1H3,(H,3,4). The maximum absolute atomic E-state index is 9.25. The number of carboxylic acids is 1. The first-order chi connectivity index (χ1) is 8.09. The first kappa shape index (κ1) is 13.7. The third-order valence-corrected chi connectivity index (χ3v) is 2.42. The van der Waals surface area contributed by atoms with Crippen LogP contribution in [-0.2, 0) is 9.53 Å². The van der Waals surface area contributed by atoms with Crippen molar-refractivity contribution in [3.05, 3.63) is 35.9 Å². The molecule has 1 aromatic rings. The summed E-state index contributed by atoms with van der Waals surface area (Å²) in [4.78, 5) is 9.00. The van der Waals surface area contributed by atoms with Crippen molar-refractivity contribution in [2.75, 3.05) is 6.61 Å². The SMILES string of the molecule is CC(=O)O.OC1CCC(c2ccccc2)OC1. The second-order valence-corrected chi connectivity index (χ2v) is 3.98. The van der Waals surface area contributed by atoms with Crippen LogP contribution in [0, 0.1) is 0 Å². The van der Waals surface area contributed by atoms with Gasteiger partial charge in [0.15, 0.2) is 0 Å². The molecule has 0 radical (unpaired) electrons. The molecule has 2 N–H and O–H groups in total. The van der Waals surface area contributed by atoms with Crippen molar-refractivity contribution in [2.24, 2.45) is 0 Å². The van der Waals surface area contributed by atoms with Crippen molar-refractivity contribution in [1.82, 2.24) is 0 Å². The summed E-state index contributed by atoms with van der Waals surface area (Å²) in [5.74, 6) is -0.833. The Bertz CT molecular complexity index is 325. The Hall–Kier alpha value is -1.39. The lowest BCUT2D eigenvalue weighted by Gasteiger charge is -2.26. The van der Waals surface area contributed by atoms with E-state index in [1.54, 1.807) is 0 Å². The van der Waals surface area contributed by atoms with E-state index < -0.39 is 5.97 Å². The average molecular weight is 238 g/mol. The van der Waals surface area contributed by atoms with E-state index in [0.29, 0.717) is 6.61 Å². The molecule has 0 aliphatic carbocycles. The quantitative estimate of drug-likeness (QED) is 0.785. The molecule has 17 heavy (non-hydrogen) atoms. The molecule has 0 aromatic heterocycles. The molecule has 2 rings (SSSR count). The molecule has 1 aliphatic rings. The summed E-state index contributed by atoms with van der Waals surface area (Å²) in [5.41, 5.74) is 1.22. The summed E-state index contributed by atoms with van der Waals surface area (Å²) in [7, 11) is 0. The van der Waals surface area contributed by atoms with E-state index in [-0.39, 0.29) is 12.2 Å². The van der Waals surface area contributed by atoms with Crippen molar-refractivity contribution in [1.29, 1.82) is 0 Å². The smallest absolute Gasteiger partial charge is 0.300 e. The first-order valence-electron chi connectivity index (χ1n) is 5.63. The summed E-state index contributed by atoms with van der Waals surface area (Å²) in [6.45, 7) is 1.56. The van der Waals surface area contributed by atoms with E-state index in [1.807, 2.05) is 18.2 Å². The Morgan fingerprint density at radius 2 is 1.88 bits per heavy atom. The van der Waals surface area contributed by atoms with Crippen LogP contribution in [0.25, 0.3) is 0 Å². The number of aliphatic carboxylic acids is 1. The fourth-order valence-electron chi connectivity index (χ4n) is 1.67. The van der Waals surface area contributed by atoms with Crippen LogP contribution in [0.4, 0.5) is 0 Å². The monoisotopic (exact) mass is 238 g/mol. The molecular formula is C13H18O4. The van der Waals surface area contributed by atoms with Crippen LogP contribution in [0.5, 0.6) is 0 Å². The zero-order chi connectivity index (χ0) is 12.7. The van der Waals surface area contributed by atoms with Gasteiger partial charge < -0.3 is 14.9 Å². The predicted molar refractivity (Wildman–Crippen MR) is 63.7 cm³/mol. The second kappa shape index (κ2) is 7.04. The molecule has 4 heteroatoms. The molecule has 1 aromatic carbocycles. The molecule has 0 saturated carbocycles. The number of ether oxygens (including phenoxy) is 1. The van der Waals surface area contributed by atoms with Gasteiger partial charge in [0, 0.05) is 6.92 Å². The molecule has 1 fully saturated rings. The summed E-state index contributed by atoms with van der Waals surface area (Å²) >= 11 is 0. The van der Waals surface area contributed by atoms with Crippen LogP contribution >= 0.6 is 0 Å². The van der Waals surface area contributed by atoms with Crippen LogP contribution in [0.3, 0.4) is 0 Å². The van der Waals surface area contributed by atoms with Gasteiger partial charge in [-0.1, -0.05) is 30.3 Å². The van der Waals surface area contributed by atoms with Gasteiger partial charge in [-0.15, -0.1) is 0 Å². The lowest BCUT2D eigenvalue weighted by Crippen LogP contribution is -2.24. The Labute approximate surface area is 101 Å². The van der Waals surface area contributed by atoms with Crippen LogP contribution in [0.1, 0.15) is 31.4 Å². The average Bonchev–Trinajstić information content (AvgIpc) is 2.30. The van der Waals surface area contributed by atoms with E-state index in [4.69, 9.17) is 14.6 Å². The summed E-state index contributed by atoms with van der Waals surface area (Å²) < 4.78 is 5.53. The summed E-state index contributed by atoms with van der Waals surface area (Å²) in [5, 5.41) is 16.7. The van der Waals surface area contributed by atoms with Crippen LogP contribution in [0.15, 0.2) is 30.3 Å². The molecule has 1 saturated heterocycles. The van der Waals surface area contributed by atoms with Crippen molar-refractivity contribution in [3.8, 4) is 0 Å². The molecule has 1 aliphatic heterocycles. The fraction of sp³-hybridized carbons (Fsp3) is 0.462. The lowest BCUT2D eigenvalue weighted by molar-refractivity contribution is -0.134. The molecular weight excluding hydrogens is 220 g/mol. The minimum absolute atomic E-state index is 0.185. The number of carboxylic acid groups (broad SMARTS) is 1. The number of rotatable bonds is 1. The summed E-state index contributed by atoms with van der Waals surface area (Å²) in [6, 6.07) is 10.2. The normalized spacial score (nSPS) is 23.4. The van der Waals surface area contributed by atoms with E-state index in [9.17, 15) is 5.11 Å². The van der Waals surface area contributed by atoms with Crippen molar-refractivity contribution >= 4 is 5.97 Å². The second-order valence-electron chi connectivity index (χ2n) is 3.98. The third-order valence-electron chi connectivity index (χ3n) is 2.42. The zero-order valence-corrected chi connectivity index (χ0v) is 9.87. The minimum Gasteiger partial charge on any atom is -0.481 e. The molecule has 4 nitrogen and oxygen atoms in total. The van der Waals surface area contributed by atoms with Gasteiger partial charge in [0.25, 0.3) is 5.97 Å². The van der Waals surface area contributed by atoms with Gasteiger partial charge in [0.2, 0.25) is 0 Å². The molecule has 0 amide bonds. The Balaban J connectivity index is 0.000000317. The molecule has 2 atom stereocenters. The van der Waals surface area contributed by atoms with Gasteiger partial charge in [-0.05, 0) is 18.4 Å². The maximum atomic E-state index is 9.25. The Kier molecular flexibility index (Phi) is 5.66. The van der Waals surface area contributed by atoms with Gasteiger partial charge in [0.05, 0.1) is 18.8 Å². The fourth-order valence-corrected chi connectivity index (χ4v) is 1.67. The van der Waals surface area contributed by atoms with Crippen molar-refractivity contribution in [2.45, 2.75) is 32.0 Å². The zero-order valence-electron chi connectivity index (χ0n) is 9.87. The number of hydrogen-bond donors (Lipinski definition) is 2. The number of aliphatic hydroxyl groups excluding tert-OH is 1. The van der Waals surface area contributed by atoms with E-state index >= 15 is 0 Å². The van der Waals surface area contributed by atoms with Gasteiger partial charge in [-0.25, -0.2) is 0 Å². The number of aliphatic hydroxyl groups is 1. The first-order valence-corrected chi connectivity index (χ1v) is 5.63. The third kappa shape index (κ3) is 5.47. The lowest BCUT2D eigenvalue weighted by atomic mass is 10.0. The maximum Gasteiger partial charge on any atom is 0.300 e. The van der Waals surface area contributed by atoms with Gasteiger partial charge in [-0.3, -0.25) is 4.79 Å². The van der Waals surface area contributed by atoms with Gasteiger partial charge >= 0.3 is 0 Å². The Morgan fingerprint density at radius 1 is 1.29 bits per heavy atom. The Morgan fingerprint density at radius 3 is 2.35 bits per heavy atom. The molecule has 94 valence electrons. The highest BCUT2D eigenvalue weighted by Gasteiger charge is 2.20. The highest BCUT2D eigenvalue weighted by molar-refractivity contribution is 5.62. The van der Waals surface area contributed by atoms with Crippen LogP contribution in [0.2, 0.25) is 0 Å².